The zero-order valence-electron chi connectivity index (χ0n) is 33.5. The summed E-state index contributed by atoms with van der Waals surface area (Å²) < 4.78 is 0. The summed E-state index contributed by atoms with van der Waals surface area (Å²) in [5.41, 5.74) is 0. The number of carbonyl (C=O) groups excluding carboxylic acids is 12. The molecule has 0 aromatic rings. The van der Waals surface area contributed by atoms with E-state index in [4.69, 9.17) is 119 Å². The molecule has 4 radical (unpaired) electrons. The van der Waals surface area contributed by atoms with Gasteiger partial charge in [0.1, 0.15) is 0 Å². The van der Waals surface area contributed by atoms with E-state index in [0.717, 1.165) is 83.1 Å². The third-order valence-electron chi connectivity index (χ3n) is 0. The third-order valence-corrected chi connectivity index (χ3v) is 0. The van der Waals surface area contributed by atoms with Crippen LogP contribution in [0.5, 0.6) is 0 Å². The van der Waals surface area contributed by atoms with Gasteiger partial charge in [-0.2, -0.15) is 0 Å². The van der Waals surface area contributed by atoms with E-state index >= 15 is 0 Å². The Balaban J connectivity index is -0.0000000120. The van der Waals surface area contributed by atoms with Gasteiger partial charge in [0.05, 0.1) is 0 Å². The Bertz CT molecular complexity index is 631. The fourth-order valence-electron chi connectivity index (χ4n) is 0. The Kier molecular flexibility index (Phi) is 360. The monoisotopic (exact) mass is 1030 g/mol. The molecule has 0 heterocycles. The molecule has 0 aliphatic rings. The van der Waals surface area contributed by atoms with E-state index in [9.17, 15) is 0 Å². The first-order chi connectivity index (χ1) is 20.8. The van der Waals surface area contributed by atoms with Crippen LogP contribution < -0.4 is 98.2 Å². The maximum atomic E-state index is 8.89. The average molecular weight is 1030 g/mol. The number of carboxylic acids is 12. The minimum atomic E-state index is -1.08. The van der Waals surface area contributed by atoms with Gasteiger partial charge in [0.25, 0.3) is 0 Å². The molecular formula is C24H54Fe4N6O24. The maximum absolute atomic E-state index is 8.89. The zero-order valence-corrected chi connectivity index (χ0v) is 37.9. The summed E-state index contributed by atoms with van der Waals surface area (Å²) in [6, 6.07) is 0. The smallest absolute Gasteiger partial charge is 0.550 e. The first kappa shape index (κ1) is 149. The number of rotatable bonds is 0. The topological polar surface area (TPSA) is 692 Å². The normalized spacial score (nSPS) is 5.17. The molecule has 0 amide bonds. The molecule has 18 N–H and O–H groups in total. The first-order valence-corrected chi connectivity index (χ1v) is 10.9. The van der Waals surface area contributed by atoms with Crippen molar-refractivity contribution in [3.8, 4) is 0 Å². The van der Waals surface area contributed by atoms with Crippen LogP contribution in [-0.4, -0.2) is 71.6 Å². The molecule has 0 fully saturated rings. The number of carbonyl (C=O) groups is 12. The standard InChI is InChI=1S/12C2H4O2.4Fe.6H3N/c12*1-2(3)4;;;;;;;;;;/h12*1H3,(H,3,4);;;;;6*1H3/q;;;;;;;;;;;;4*+3;;;;;;/p-12. The Morgan fingerprint density at radius 1 is 0.172 bits per heavy atom. The predicted octanol–water partition coefficient (Wildman–Crippen LogP) is -14.0. The molecule has 0 aliphatic heterocycles. The molecule has 0 aliphatic carbocycles. The van der Waals surface area contributed by atoms with Crippen molar-refractivity contribution in [1.29, 1.82) is 0 Å². The molecule has 0 saturated heterocycles. The largest absolute Gasteiger partial charge is 3.00 e. The number of carboxylic acid groups (broad SMARTS) is 12. The van der Waals surface area contributed by atoms with Crippen molar-refractivity contribution in [2.24, 2.45) is 0 Å². The second kappa shape index (κ2) is 140. The van der Waals surface area contributed by atoms with Crippen LogP contribution in [0.1, 0.15) is 83.1 Å². The van der Waals surface area contributed by atoms with Crippen LogP contribution in [-0.2, 0) is 126 Å². The van der Waals surface area contributed by atoms with Crippen molar-refractivity contribution in [1.82, 2.24) is 36.9 Å². The van der Waals surface area contributed by atoms with Gasteiger partial charge in [0, 0.05) is 71.6 Å². The summed E-state index contributed by atoms with van der Waals surface area (Å²) in [6.45, 7) is 11.7. The van der Waals surface area contributed by atoms with E-state index in [1.807, 2.05) is 0 Å². The van der Waals surface area contributed by atoms with Crippen LogP contribution in [0.25, 0.3) is 0 Å². The summed E-state index contributed by atoms with van der Waals surface area (Å²) in [5.74, 6) is -13.0. The summed E-state index contributed by atoms with van der Waals surface area (Å²) in [5, 5.41) is 107. The Labute approximate surface area is 377 Å². The van der Waals surface area contributed by atoms with Crippen LogP contribution >= 0.6 is 0 Å². The second-order valence-corrected chi connectivity index (χ2v) is 5.90. The van der Waals surface area contributed by atoms with Crippen molar-refractivity contribution in [3.63, 3.8) is 0 Å². The molecule has 0 unspecified atom stereocenters. The minimum absolute atomic E-state index is 0. The van der Waals surface area contributed by atoms with Crippen molar-refractivity contribution >= 4 is 71.6 Å². The third kappa shape index (κ3) is 6410. The molecule has 0 rings (SSSR count). The van der Waals surface area contributed by atoms with Gasteiger partial charge in [-0.15, -0.1) is 0 Å². The van der Waals surface area contributed by atoms with Gasteiger partial charge in [0.2, 0.25) is 0 Å². The van der Waals surface area contributed by atoms with Gasteiger partial charge in [-0.3, -0.25) is 0 Å². The molecule has 58 heavy (non-hydrogen) atoms. The molecular weight excluding hydrogens is 980 g/mol. The molecule has 356 valence electrons. The molecule has 0 atom stereocenters. The van der Waals surface area contributed by atoms with E-state index in [2.05, 4.69) is 0 Å². The van der Waals surface area contributed by atoms with Crippen molar-refractivity contribution in [2.45, 2.75) is 83.1 Å². The quantitative estimate of drug-likeness (QED) is 0.123. The molecule has 0 bridgehead atoms. The van der Waals surface area contributed by atoms with E-state index in [-0.39, 0.29) is 105 Å². The fraction of sp³-hybridized carbons (Fsp3) is 0.500. The van der Waals surface area contributed by atoms with E-state index in [1.54, 1.807) is 0 Å². The van der Waals surface area contributed by atoms with Gasteiger partial charge < -0.3 is 156 Å². The Morgan fingerprint density at radius 2 is 0.172 bits per heavy atom. The summed E-state index contributed by atoms with van der Waals surface area (Å²) in [4.78, 5) is 107. The molecule has 34 heteroatoms. The maximum Gasteiger partial charge on any atom is 3.00 e. The Morgan fingerprint density at radius 3 is 0.172 bits per heavy atom. The molecule has 30 nitrogen and oxygen atoms in total. The van der Waals surface area contributed by atoms with Gasteiger partial charge >= 0.3 is 68.3 Å². The average Bonchev–Trinajstić information content (AvgIpc) is 2.61. The van der Waals surface area contributed by atoms with E-state index in [1.165, 1.54) is 0 Å². The number of hydrogen-bond acceptors (Lipinski definition) is 30. The SMILES string of the molecule is CC(=O)[O-].CC(=O)[O-].CC(=O)[O-].CC(=O)[O-].CC(=O)[O-].CC(=O)[O-].CC(=O)[O-].CC(=O)[O-].CC(=O)[O-].CC(=O)[O-].CC(=O)[O-].CC(=O)[O-].N.N.N.N.N.N.[Fe+3].[Fe+3].[Fe+3].[Fe+3]. The molecule has 0 saturated carbocycles. The van der Waals surface area contributed by atoms with Crippen LogP contribution in [0.4, 0.5) is 0 Å². The minimum Gasteiger partial charge on any atom is -0.550 e. The van der Waals surface area contributed by atoms with Crippen LogP contribution in [0.15, 0.2) is 0 Å². The van der Waals surface area contributed by atoms with Crippen LogP contribution in [0.3, 0.4) is 0 Å². The van der Waals surface area contributed by atoms with Crippen LogP contribution in [0, 0.1) is 0 Å². The zero-order chi connectivity index (χ0) is 42.9. The molecule has 0 aromatic carbocycles. The predicted molar refractivity (Wildman–Crippen MR) is 158 cm³/mol. The van der Waals surface area contributed by atoms with Gasteiger partial charge in [-0.05, 0) is 83.1 Å². The van der Waals surface area contributed by atoms with Crippen molar-refractivity contribution < 1.29 is 187 Å². The number of hydrogen-bond donors (Lipinski definition) is 6. The Hall–Kier alpha value is -4.52. The first-order valence-electron chi connectivity index (χ1n) is 10.9. The van der Waals surface area contributed by atoms with Crippen molar-refractivity contribution in [3.05, 3.63) is 0 Å². The fourth-order valence-corrected chi connectivity index (χ4v) is 0. The number of aliphatic carboxylic acids is 12. The van der Waals surface area contributed by atoms with Gasteiger partial charge in [-0.1, -0.05) is 0 Å². The van der Waals surface area contributed by atoms with Crippen LogP contribution in [0.2, 0.25) is 0 Å². The van der Waals surface area contributed by atoms with Gasteiger partial charge in [0.15, 0.2) is 0 Å². The summed E-state index contributed by atoms with van der Waals surface area (Å²) in [7, 11) is 0. The summed E-state index contributed by atoms with van der Waals surface area (Å²) in [6.07, 6.45) is 0. The summed E-state index contributed by atoms with van der Waals surface area (Å²) >= 11 is 0. The van der Waals surface area contributed by atoms with Crippen molar-refractivity contribution in [2.75, 3.05) is 0 Å². The van der Waals surface area contributed by atoms with E-state index in [0.29, 0.717) is 0 Å². The molecule has 0 spiro atoms. The van der Waals surface area contributed by atoms with Gasteiger partial charge in [-0.25, -0.2) is 0 Å². The molecule has 0 aromatic heterocycles. The second-order valence-electron chi connectivity index (χ2n) is 5.90. The van der Waals surface area contributed by atoms with E-state index < -0.39 is 71.6 Å².